The molecule has 1 amide bonds. The molecule has 1 N–H and O–H groups in total. The zero-order chi connectivity index (χ0) is 14.8. The van der Waals surface area contributed by atoms with Gasteiger partial charge in [-0.1, -0.05) is 27.7 Å². The average Bonchev–Trinajstić information content (AvgIpc) is 3.20. The van der Waals surface area contributed by atoms with E-state index in [4.69, 9.17) is 4.42 Å². The van der Waals surface area contributed by atoms with Gasteiger partial charge in [0.05, 0.1) is 5.75 Å². The number of halogens is 1. The van der Waals surface area contributed by atoms with E-state index >= 15 is 0 Å². The smallest absolute Gasteiger partial charge is 0.277 e. The van der Waals surface area contributed by atoms with Crippen LogP contribution < -0.4 is 5.32 Å². The fourth-order valence-electron chi connectivity index (χ4n) is 1.82. The van der Waals surface area contributed by atoms with E-state index in [1.165, 1.54) is 11.8 Å². The summed E-state index contributed by atoms with van der Waals surface area (Å²) in [6, 6.07) is 5.69. The molecule has 2 aromatic rings. The molecule has 0 aliphatic heterocycles. The second kappa shape index (κ2) is 6.19. The summed E-state index contributed by atoms with van der Waals surface area (Å²) in [5.41, 5.74) is 1.86. The lowest BCUT2D eigenvalue weighted by Gasteiger charge is -2.06. The molecule has 21 heavy (non-hydrogen) atoms. The van der Waals surface area contributed by atoms with Crippen molar-refractivity contribution in [1.29, 1.82) is 0 Å². The monoisotopic (exact) mass is 367 g/mol. The quantitative estimate of drug-likeness (QED) is 0.815. The molecule has 1 heterocycles. The van der Waals surface area contributed by atoms with Crippen LogP contribution in [0.1, 0.15) is 30.2 Å². The van der Waals surface area contributed by atoms with Crippen molar-refractivity contribution in [3.05, 3.63) is 34.1 Å². The van der Waals surface area contributed by atoms with Gasteiger partial charge in [-0.2, -0.15) is 0 Å². The van der Waals surface area contributed by atoms with Gasteiger partial charge >= 0.3 is 0 Å². The van der Waals surface area contributed by atoms with Crippen molar-refractivity contribution in [2.45, 2.75) is 30.9 Å². The zero-order valence-corrected chi connectivity index (χ0v) is 13.8. The van der Waals surface area contributed by atoms with Crippen molar-refractivity contribution in [1.82, 2.24) is 10.2 Å². The van der Waals surface area contributed by atoms with Crippen LogP contribution in [0.2, 0.25) is 0 Å². The van der Waals surface area contributed by atoms with Crippen LogP contribution in [0.3, 0.4) is 0 Å². The second-order valence-electron chi connectivity index (χ2n) is 4.98. The molecule has 1 aromatic carbocycles. The van der Waals surface area contributed by atoms with E-state index in [1.807, 2.05) is 25.1 Å². The first-order chi connectivity index (χ1) is 10.1. The molecule has 3 rings (SSSR count). The summed E-state index contributed by atoms with van der Waals surface area (Å²) in [4.78, 5) is 11.9. The van der Waals surface area contributed by atoms with Gasteiger partial charge < -0.3 is 9.73 Å². The normalized spacial score (nSPS) is 14.2. The van der Waals surface area contributed by atoms with E-state index in [-0.39, 0.29) is 11.7 Å². The highest BCUT2D eigenvalue weighted by molar-refractivity contribution is 9.10. The molecule has 1 aliphatic carbocycles. The Labute approximate surface area is 135 Å². The number of hydrogen-bond acceptors (Lipinski definition) is 5. The Morgan fingerprint density at radius 1 is 1.48 bits per heavy atom. The Morgan fingerprint density at radius 3 is 3.00 bits per heavy atom. The predicted octanol–water partition coefficient (Wildman–Crippen LogP) is 3.75. The minimum atomic E-state index is -0.0899. The maximum atomic E-state index is 11.9. The lowest BCUT2D eigenvalue weighted by molar-refractivity contribution is -0.113. The molecule has 5 nitrogen and oxygen atoms in total. The molecule has 1 saturated carbocycles. The molecular weight excluding hydrogens is 354 g/mol. The van der Waals surface area contributed by atoms with Gasteiger partial charge in [0.25, 0.3) is 5.22 Å². The van der Waals surface area contributed by atoms with Crippen LogP contribution >= 0.6 is 27.7 Å². The first-order valence-corrected chi connectivity index (χ1v) is 8.42. The SMILES string of the molecule is Cc1cc(NC(=O)CSc2nnc(C3CC3)o2)ccc1Br. The maximum absolute atomic E-state index is 11.9. The maximum Gasteiger partial charge on any atom is 0.277 e. The first kappa shape index (κ1) is 14.6. The zero-order valence-electron chi connectivity index (χ0n) is 11.4. The number of hydrogen-bond donors (Lipinski definition) is 1. The number of aryl methyl sites for hydroxylation is 1. The fraction of sp³-hybridized carbons (Fsp3) is 0.357. The van der Waals surface area contributed by atoms with Gasteiger partial charge in [-0.05, 0) is 43.5 Å². The Bertz CT molecular complexity index is 670. The fourth-order valence-corrected chi connectivity index (χ4v) is 2.64. The van der Waals surface area contributed by atoms with Crippen LogP contribution in [0.25, 0.3) is 0 Å². The van der Waals surface area contributed by atoms with Crippen LogP contribution in [0.15, 0.2) is 32.3 Å². The average molecular weight is 368 g/mol. The molecule has 7 heteroatoms. The van der Waals surface area contributed by atoms with Crippen molar-refractivity contribution >= 4 is 39.3 Å². The molecule has 0 radical (unpaired) electrons. The Balaban J connectivity index is 1.52. The molecule has 0 saturated heterocycles. The lowest BCUT2D eigenvalue weighted by Crippen LogP contribution is -2.14. The molecule has 0 spiro atoms. The van der Waals surface area contributed by atoms with Crippen molar-refractivity contribution in [3.8, 4) is 0 Å². The molecule has 1 fully saturated rings. The summed E-state index contributed by atoms with van der Waals surface area (Å²) in [5.74, 6) is 1.29. The highest BCUT2D eigenvalue weighted by Crippen LogP contribution is 2.39. The molecule has 0 unspecified atom stereocenters. The van der Waals surface area contributed by atoms with Crippen molar-refractivity contribution in [2.75, 3.05) is 11.1 Å². The number of rotatable bonds is 5. The molecule has 0 atom stereocenters. The number of nitrogens with zero attached hydrogens (tertiary/aromatic N) is 2. The summed E-state index contributed by atoms with van der Waals surface area (Å²) in [7, 11) is 0. The second-order valence-corrected chi connectivity index (χ2v) is 6.76. The molecule has 1 aromatic heterocycles. The van der Waals surface area contributed by atoms with Gasteiger partial charge in [-0.3, -0.25) is 4.79 Å². The topological polar surface area (TPSA) is 68.0 Å². The number of anilines is 1. The summed E-state index contributed by atoms with van der Waals surface area (Å²) < 4.78 is 6.52. The minimum Gasteiger partial charge on any atom is -0.416 e. The number of carbonyl (C=O) groups is 1. The number of benzene rings is 1. The van der Waals surface area contributed by atoms with Crippen LogP contribution in [-0.2, 0) is 4.79 Å². The lowest BCUT2D eigenvalue weighted by atomic mass is 10.2. The largest absolute Gasteiger partial charge is 0.416 e. The summed E-state index contributed by atoms with van der Waals surface area (Å²) in [5, 5.41) is 11.2. The van der Waals surface area contributed by atoms with Gasteiger partial charge in [0.15, 0.2) is 0 Å². The van der Waals surface area contributed by atoms with Crippen LogP contribution in [0, 0.1) is 6.92 Å². The third kappa shape index (κ3) is 3.85. The van der Waals surface area contributed by atoms with E-state index in [0.717, 1.165) is 28.6 Å². The Morgan fingerprint density at radius 2 is 2.29 bits per heavy atom. The number of thioether (sulfide) groups is 1. The third-order valence-electron chi connectivity index (χ3n) is 3.12. The molecule has 1 aliphatic rings. The van der Waals surface area contributed by atoms with Crippen LogP contribution in [0.5, 0.6) is 0 Å². The van der Waals surface area contributed by atoms with Gasteiger partial charge in [-0.25, -0.2) is 0 Å². The first-order valence-electron chi connectivity index (χ1n) is 6.64. The Kier molecular flexibility index (Phi) is 4.30. The summed E-state index contributed by atoms with van der Waals surface area (Å²) in [6.07, 6.45) is 2.24. The minimum absolute atomic E-state index is 0.0899. The van der Waals surface area contributed by atoms with Crippen LogP contribution in [0.4, 0.5) is 5.69 Å². The van der Waals surface area contributed by atoms with E-state index in [1.54, 1.807) is 0 Å². The highest BCUT2D eigenvalue weighted by atomic mass is 79.9. The summed E-state index contributed by atoms with van der Waals surface area (Å²) in [6.45, 7) is 1.98. The third-order valence-corrected chi connectivity index (χ3v) is 4.83. The van der Waals surface area contributed by atoms with Gasteiger partial charge in [-0.15, -0.1) is 10.2 Å². The van der Waals surface area contributed by atoms with E-state index in [9.17, 15) is 4.79 Å². The number of carbonyl (C=O) groups excluding carboxylic acids is 1. The van der Waals surface area contributed by atoms with E-state index in [0.29, 0.717) is 17.0 Å². The van der Waals surface area contributed by atoms with Crippen LogP contribution in [-0.4, -0.2) is 21.9 Å². The van der Waals surface area contributed by atoms with Gasteiger partial charge in [0, 0.05) is 16.1 Å². The van der Waals surface area contributed by atoms with Gasteiger partial charge in [0.2, 0.25) is 11.8 Å². The summed E-state index contributed by atoms with van der Waals surface area (Å²) >= 11 is 4.69. The Hall–Kier alpha value is -1.34. The van der Waals surface area contributed by atoms with E-state index < -0.39 is 0 Å². The molecular formula is C14H14BrN3O2S. The number of aromatic nitrogens is 2. The predicted molar refractivity (Wildman–Crippen MR) is 84.5 cm³/mol. The molecule has 110 valence electrons. The number of nitrogens with one attached hydrogen (secondary N) is 1. The van der Waals surface area contributed by atoms with Crippen molar-refractivity contribution in [2.24, 2.45) is 0 Å². The molecule has 0 bridgehead atoms. The number of amides is 1. The van der Waals surface area contributed by atoms with Crippen molar-refractivity contribution in [3.63, 3.8) is 0 Å². The highest BCUT2D eigenvalue weighted by Gasteiger charge is 2.29. The van der Waals surface area contributed by atoms with E-state index in [2.05, 4.69) is 31.4 Å². The van der Waals surface area contributed by atoms with Crippen molar-refractivity contribution < 1.29 is 9.21 Å². The van der Waals surface area contributed by atoms with Gasteiger partial charge in [0.1, 0.15) is 0 Å². The standard InChI is InChI=1S/C14H14BrN3O2S/c1-8-6-10(4-5-11(8)15)16-12(19)7-21-14-18-17-13(20-14)9-2-3-9/h4-6,9H,2-3,7H2,1H3,(H,16,19).